The first-order valence-electron chi connectivity index (χ1n) is 7.36. The Bertz CT molecular complexity index is 929. The fraction of sp³-hybridized carbons (Fsp3) is 0.235. The van der Waals surface area contributed by atoms with Crippen molar-refractivity contribution >= 4 is 45.4 Å². The number of thiazole rings is 1. The molecule has 0 saturated carbocycles. The molecule has 0 aliphatic carbocycles. The summed E-state index contributed by atoms with van der Waals surface area (Å²) in [5.41, 5.74) is 1.69. The largest absolute Gasteiger partial charge is 0.364 e. The molecule has 0 amide bonds. The van der Waals surface area contributed by atoms with Crippen LogP contribution in [0.4, 0.5) is 0 Å². The maximum atomic E-state index is 12.9. The van der Waals surface area contributed by atoms with Crippen LogP contribution in [0.2, 0.25) is 5.02 Å². The molecule has 0 aliphatic heterocycles. The summed E-state index contributed by atoms with van der Waals surface area (Å²) in [5, 5.41) is 3.21. The molecular weight excluding hydrogens is 348 g/mol. The van der Waals surface area contributed by atoms with E-state index in [1.165, 1.54) is 11.3 Å². The van der Waals surface area contributed by atoms with Gasteiger partial charge in [0.1, 0.15) is 12.4 Å². The summed E-state index contributed by atoms with van der Waals surface area (Å²) in [6, 6.07) is 5.37. The predicted octanol–water partition coefficient (Wildman–Crippen LogP) is 4.18. The Morgan fingerprint density at radius 2 is 2.17 bits per heavy atom. The van der Waals surface area contributed by atoms with E-state index in [0.29, 0.717) is 34.4 Å². The van der Waals surface area contributed by atoms with Gasteiger partial charge in [0.15, 0.2) is 10.8 Å². The maximum Gasteiger partial charge on any atom is 0.223 e. The molecule has 7 heteroatoms. The number of ether oxygens (including phenoxy) is 1. The van der Waals surface area contributed by atoms with Crippen LogP contribution in [0.3, 0.4) is 0 Å². The van der Waals surface area contributed by atoms with E-state index in [4.69, 9.17) is 16.3 Å². The summed E-state index contributed by atoms with van der Waals surface area (Å²) in [7, 11) is 1.59. The molecule has 0 saturated heterocycles. The third kappa shape index (κ3) is 3.00. The van der Waals surface area contributed by atoms with Crippen LogP contribution in [0.5, 0.6) is 0 Å². The molecule has 0 bridgehead atoms. The number of carbonyl (C=O) groups is 2. The smallest absolute Gasteiger partial charge is 0.223 e. The zero-order valence-electron chi connectivity index (χ0n) is 13.2. The van der Waals surface area contributed by atoms with E-state index in [0.717, 1.165) is 10.9 Å². The Labute approximate surface area is 147 Å². The molecule has 124 valence electrons. The van der Waals surface area contributed by atoms with E-state index in [-0.39, 0.29) is 11.6 Å². The lowest BCUT2D eigenvalue weighted by Crippen LogP contribution is -2.03. The molecule has 0 spiro atoms. The number of hydrogen-bond donors (Lipinski definition) is 0. The second-order valence-electron chi connectivity index (χ2n) is 5.24. The van der Waals surface area contributed by atoms with Gasteiger partial charge in [-0.05, 0) is 18.2 Å². The summed E-state index contributed by atoms with van der Waals surface area (Å²) < 4.78 is 7.01. The number of aromatic nitrogens is 2. The van der Waals surface area contributed by atoms with Gasteiger partial charge in [-0.1, -0.05) is 18.5 Å². The number of carbonyl (C=O) groups excluding carboxylic acids is 2. The number of ketones is 2. The second kappa shape index (κ2) is 6.84. The highest BCUT2D eigenvalue weighted by Crippen LogP contribution is 2.28. The van der Waals surface area contributed by atoms with Crippen molar-refractivity contribution in [3.8, 4) is 0 Å². The Hall–Kier alpha value is -2.02. The molecule has 1 aromatic carbocycles. The zero-order valence-corrected chi connectivity index (χ0v) is 14.8. The van der Waals surface area contributed by atoms with Crippen LogP contribution in [0.1, 0.15) is 39.2 Å². The monoisotopic (exact) mass is 362 g/mol. The molecule has 3 aromatic rings. The molecule has 0 atom stereocenters. The van der Waals surface area contributed by atoms with Crippen LogP contribution < -0.4 is 0 Å². The number of rotatable bonds is 6. The highest BCUT2D eigenvalue weighted by atomic mass is 35.5. The Morgan fingerprint density at radius 1 is 1.38 bits per heavy atom. The lowest BCUT2D eigenvalue weighted by Gasteiger charge is -2.02. The van der Waals surface area contributed by atoms with Gasteiger partial charge in [0.25, 0.3) is 0 Å². The van der Waals surface area contributed by atoms with Crippen LogP contribution in [-0.4, -0.2) is 28.2 Å². The van der Waals surface area contributed by atoms with Crippen molar-refractivity contribution in [2.75, 3.05) is 7.11 Å². The first-order chi connectivity index (χ1) is 11.5. The van der Waals surface area contributed by atoms with Gasteiger partial charge in [0, 0.05) is 35.5 Å². The molecule has 0 N–H and O–H groups in total. The highest BCUT2D eigenvalue weighted by molar-refractivity contribution is 7.12. The van der Waals surface area contributed by atoms with Crippen molar-refractivity contribution in [2.45, 2.75) is 20.1 Å². The highest BCUT2D eigenvalue weighted by Gasteiger charge is 2.21. The van der Waals surface area contributed by atoms with Gasteiger partial charge in [0.2, 0.25) is 5.78 Å². The van der Waals surface area contributed by atoms with Gasteiger partial charge in [-0.2, -0.15) is 0 Å². The average molecular weight is 363 g/mol. The molecule has 5 nitrogen and oxygen atoms in total. The first kappa shape index (κ1) is 16.8. The number of nitrogens with zero attached hydrogens (tertiary/aromatic N) is 2. The molecule has 0 aliphatic rings. The van der Waals surface area contributed by atoms with Crippen molar-refractivity contribution in [1.29, 1.82) is 0 Å². The van der Waals surface area contributed by atoms with Crippen LogP contribution in [-0.2, 0) is 11.5 Å². The molecular formula is C17H15ClN2O3S. The van der Waals surface area contributed by atoms with E-state index in [9.17, 15) is 9.59 Å². The van der Waals surface area contributed by atoms with Gasteiger partial charge in [-0.3, -0.25) is 9.59 Å². The van der Waals surface area contributed by atoms with Crippen LogP contribution in [0.15, 0.2) is 29.8 Å². The molecule has 0 fully saturated rings. The van der Waals surface area contributed by atoms with E-state index in [2.05, 4.69) is 4.98 Å². The molecule has 0 radical (unpaired) electrons. The fourth-order valence-electron chi connectivity index (χ4n) is 2.50. The van der Waals surface area contributed by atoms with Gasteiger partial charge in [-0.15, -0.1) is 11.3 Å². The number of benzene rings is 1. The topological polar surface area (TPSA) is 61.2 Å². The van der Waals surface area contributed by atoms with E-state index < -0.39 is 0 Å². The van der Waals surface area contributed by atoms with Gasteiger partial charge in [-0.25, -0.2) is 4.98 Å². The summed E-state index contributed by atoms with van der Waals surface area (Å²) >= 11 is 7.26. The SMILES string of the molecule is CCC(=O)c1csc(C(=O)c2cn(COC)c3ccc(Cl)cc23)n1. The Kier molecular flexibility index (Phi) is 4.80. The minimum absolute atomic E-state index is 0.0739. The number of halogens is 1. The van der Waals surface area contributed by atoms with Crippen molar-refractivity contribution in [3.05, 3.63) is 51.1 Å². The Morgan fingerprint density at radius 3 is 2.88 bits per heavy atom. The predicted molar refractivity (Wildman–Crippen MR) is 94.1 cm³/mol. The molecule has 0 unspecified atom stereocenters. The normalized spacial score (nSPS) is 11.1. The van der Waals surface area contributed by atoms with Crippen LogP contribution in [0, 0.1) is 0 Å². The van der Waals surface area contributed by atoms with Crippen LogP contribution >= 0.6 is 22.9 Å². The number of Topliss-reactive ketones (excluding diaryl/α,β-unsaturated/α-hetero) is 1. The number of fused-ring (bicyclic) bond motifs is 1. The third-order valence-corrected chi connectivity index (χ3v) is 4.74. The quantitative estimate of drug-likeness (QED) is 0.617. The zero-order chi connectivity index (χ0) is 17.3. The summed E-state index contributed by atoms with van der Waals surface area (Å²) in [4.78, 5) is 28.8. The van der Waals surface area contributed by atoms with Gasteiger partial charge >= 0.3 is 0 Å². The summed E-state index contributed by atoms with van der Waals surface area (Å²) in [6.07, 6.45) is 2.09. The maximum absolute atomic E-state index is 12.9. The minimum atomic E-state index is -0.225. The lowest BCUT2D eigenvalue weighted by molar-refractivity contribution is 0.0984. The van der Waals surface area contributed by atoms with E-state index >= 15 is 0 Å². The molecule has 2 aromatic heterocycles. The van der Waals surface area contributed by atoms with E-state index in [1.54, 1.807) is 37.7 Å². The first-order valence-corrected chi connectivity index (χ1v) is 8.61. The fourth-order valence-corrected chi connectivity index (χ4v) is 3.45. The van der Waals surface area contributed by atoms with Gasteiger partial charge in [0.05, 0.1) is 11.1 Å². The summed E-state index contributed by atoms with van der Waals surface area (Å²) in [6.45, 7) is 2.09. The van der Waals surface area contributed by atoms with E-state index in [1.807, 2.05) is 10.6 Å². The lowest BCUT2D eigenvalue weighted by atomic mass is 10.1. The van der Waals surface area contributed by atoms with Gasteiger partial charge < -0.3 is 9.30 Å². The Balaban J connectivity index is 2.07. The molecule has 24 heavy (non-hydrogen) atoms. The summed E-state index contributed by atoms with van der Waals surface area (Å²) in [5.74, 6) is -0.299. The van der Waals surface area contributed by atoms with Crippen molar-refractivity contribution in [2.24, 2.45) is 0 Å². The van der Waals surface area contributed by atoms with Crippen molar-refractivity contribution < 1.29 is 14.3 Å². The molecule has 3 rings (SSSR count). The minimum Gasteiger partial charge on any atom is -0.364 e. The van der Waals surface area contributed by atoms with Crippen molar-refractivity contribution in [1.82, 2.24) is 9.55 Å². The average Bonchev–Trinajstić information content (AvgIpc) is 3.19. The third-order valence-electron chi connectivity index (χ3n) is 3.66. The second-order valence-corrected chi connectivity index (χ2v) is 6.53. The molecule has 2 heterocycles. The standard InChI is InChI=1S/C17H15ClN2O3S/c1-3-15(21)13-8-24-17(19-13)16(22)12-7-20(9-23-2)14-5-4-10(18)6-11(12)14/h4-8H,3,9H2,1-2H3. The number of methoxy groups -OCH3 is 1. The van der Waals surface area contributed by atoms with Crippen LogP contribution in [0.25, 0.3) is 10.9 Å². The number of hydrogen-bond acceptors (Lipinski definition) is 5. The van der Waals surface area contributed by atoms with Crippen molar-refractivity contribution in [3.63, 3.8) is 0 Å².